The molecule has 0 saturated carbocycles. The number of hydrogen-bond acceptors (Lipinski definition) is 8. The summed E-state index contributed by atoms with van der Waals surface area (Å²) in [5.41, 5.74) is 0.634. The average molecular weight is 498 g/mol. The number of nitrogens with zero attached hydrogens (tertiary/aromatic N) is 3. The van der Waals surface area contributed by atoms with Gasteiger partial charge in [-0.1, -0.05) is 23.5 Å². The fourth-order valence-corrected chi connectivity index (χ4v) is 4.54. The SMILES string of the molecule is O=C(Nc1ccc2c(c1)OCO2)c1nnc(C(=O)N2CCC(C(=O)Nc3ccccc3F)CC2)s1. The first-order valence-corrected chi connectivity index (χ1v) is 11.7. The molecule has 35 heavy (non-hydrogen) atoms. The molecule has 2 aliphatic heterocycles. The van der Waals surface area contributed by atoms with Crippen LogP contribution in [0.3, 0.4) is 0 Å². The third kappa shape index (κ3) is 4.92. The van der Waals surface area contributed by atoms with Gasteiger partial charge in [0.2, 0.25) is 22.7 Å². The predicted octanol–water partition coefficient (Wildman–Crippen LogP) is 3.15. The molecule has 0 radical (unpaired) electrons. The minimum absolute atomic E-state index is 0.0465. The molecule has 5 rings (SSSR count). The number of carbonyl (C=O) groups excluding carboxylic acids is 3. The van der Waals surface area contributed by atoms with Crippen molar-refractivity contribution in [1.29, 1.82) is 0 Å². The Balaban J connectivity index is 1.15. The van der Waals surface area contributed by atoms with Crippen LogP contribution in [-0.4, -0.2) is 52.7 Å². The number of piperidine rings is 1. The maximum absolute atomic E-state index is 13.8. The molecule has 2 N–H and O–H groups in total. The highest BCUT2D eigenvalue weighted by Crippen LogP contribution is 2.34. The van der Waals surface area contributed by atoms with Gasteiger partial charge in [0.25, 0.3) is 11.8 Å². The van der Waals surface area contributed by atoms with Gasteiger partial charge in [-0.3, -0.25) is 14.4 Å². The van der Waals surface area contributed by atoms with E-state index in [-0.39, 0.29) is 40.2 Å². The number of hydrogen-bond donors (Lipinski definition) is 2. The van der Waals surface area contributed by atoms with Crippen molar-refractivity contribution < 1.29 is 28.2 Å². The zero-order valence-corrected chi connectivity index (χ0v) is 19.1. The molecule has 2 aromatic carbocycles. The van der Waals surface area contributed by atoms with E-state index >= 15 is 0 Å². The quantitative estimate of drug-likeness (QED) is 0.555. The Bertz CT molecular complexity index is 1290. The Labute approximate surface area is 203 Å². The molecular weight excluding hydrogens is 477 g/mol. The van der Waals surface area contributed by atoms with Gasteiger partial charge in [0.15, 0.2) is 11.5 Å². The first-order valence-electron chi connectivity index (χ1n) is 10.9. The van der Waals surface area contributed by atoms with Crippen LogP contribution in [0.1, 0.15) is 32.4 Å². The second kappa shape index (κ2) is 9.66. The summed E-state index contributed by atoms with van der Waals surface area (Å²) in [6.45, 7) is 0.807. The molecule has 180 valence electrons. The Morgan fingerprint density at radius 2 is 1.71 bits per heavy atom. The molecule has 0 aliphatic carbocycles. The molecule has 1 fully saturated rings. The zero-order valence-electron chi connectivity index (χ0n) is 18.3. The van der Waals surface area contributed by atoms with E-state index in [4.69, 9.17) is 9.47 Å². The molecule has 0 spiro atoms. The fourth-order valence-electron chi connectivity index (χ4n) is 3.84. The first-order chi connectivity index (χ1) is 17.0. The van der Waals surface area contributed by atoms with Gasteiger partial charge in [0.1, 0.15) is 5.82 Å². The van der Waals surface area contributed by atoms with Crippen LogP contribution in [-0.2, 0) is 4.79 Å². The highest BCUT2D eigenvalue weighted by Gasteiger charge is 2.30. The molecule has 0 bridgehead atoms. The summed E-state index contributed by atoms with van der Waals surface area (Å²) in [6, 6.07) is 11.0. The number of fused-ring (bicyclic) bond motifs is 1. The van der Waals surface area contributed by atoms with Crippen molar-refractivity contribution in [3.05, 3.63) is 58.3 Å². The number of para-hydroxylation sites is 1. The number of amides is 3. The number of rotatable bonds is 5. The smallest absolute Gasteiger partial charge is 0.286 e. The Hall–Kier alpha value is -4.06. The topological polar surface area (TPSA) is 123 Å². The summed E-state index contributed by atoms with van der Waals surface area (Å²) in [6.07, 6.45) is 0.866. The summed E-state index contributed by atoms with van der Waals surface area (Å²) in [7, 11) is 0. The molecule has 0 unspecified atom stereocenters. The van der Waals surface area contributed by atoms with Gasteiger partial charge < -0.3 is 25.0 Å². The minimum Gasteiger partial charge on any atom is -0.454 e. The lowest BCUT2D eigenvalue weighted by Crippen LogP contribution is -2.41. The monoisotopic (exact) mass is 497 g/mol. The van der Waals surface area contributed by atoms with Gasteiger partial charge in [-0.2, -0.15) is 0 Å². The predicted molar refractivity (Wildman–Crippen MR) is 124 cm³/mol. The molecule has 0 atom stereocenters. The standard InChI is InChI=1S/C23H20FN5O5S/c24-15-3-1-2-4-16(15)26-19(30)13-7-9-29(10-8-13)23(32)22-28-27-21(35-22)20(31)25-14-5-6-17-18(11-14)34-12-33-17/h1-6,11,13H,7-10,12H2,(H,25,31)(H,26,30). The van der Waals surface area contributed by atoms with Crippen LogP contribution in [0.25, 0.3) is 0 Å². The van der Waals surface area contributed by atoms with Crippen molar-refractivity contribution in [2.75, 3.05) is 30.5 Å². The lowest BCUT2D eigenvalue weighted by atomic mass is 9.95. The minimum atomic E-state index is -0.497. The number of anilines is 2. The number of aromatic nitrogens is 2. The molecule has 1 aromatic heterocycles. The van der Waals surface area contributed by atoms with E-state index in [1.807, 2.05) is 0 Å². The highest BCUT2D eigenvalue weighted by atomic mass is 32.1. The maximum atomic E-state index is 13.8. The molecular formula is C23H20FN5O5S. The summed E-state index contributed by atoms with van der Waals surface area (Å²) < 4.78 is 24.3. The Morgan fingerprint density at radius 1 is 0.971 bits per heavy atom. The largest absolute Gasteiger partial charge is 0.454 e. The highest BCUT2D eigenvalue weighted by molar-refractivity contribution is 7.15. The fraction of sp³-hybridized carbons (Fsp3) is 0.261. The van der Waals surface area contributed by atoms with Gasteiger partial charge in [0.05, 0.1) is 5.69 Å². The summed E-state index contributed by atoms with van der Waals surface area (Å²) in [5, 5.41) is 13.2. The molecule has 3 amide bonds. The first kappa shape index (κ1) is 22.7. The van der Waals surface area contributed by atoms with Crippen LogP contribution in [0.5, 0.6) is 11.5 Å². The third-order valence-electron chi connectivity index (χ3n) is 5.72. The summed E-state index contributed by atoms with van der Waals surface area (Å²) in [5.74, 6) is -0.830. The average Bonchev–Trinajstić information content (AvgIpc) is 3.55. The zero-order chi connectivity index (χ0) is 24.4. The van der Waals surface area contributed by atoms with E-state index in [1.165, 1.54) is 12.1 Å². The molecule has 3 heterocycles. The van der Waals surface area contributed by atoms with E-state index in [1.54, 1.807) is 35.2 Å². The van der Waals surface area contributed by atoms with Gasteiger partial charge in [0, 0.05) is 30.8 Å². The molecule has 1 saturated heterocycles. The van der Waals surface area contributed by atoms with E-state index in [0.29, 0.717) is 43.1 Å². The number of nitrogens with one attached hydrogen (secondary N) is 2. The van der Waals surface area contributed by atoms with Gasteiger partial charge in [-0.15, -0.1) is 10.2 Å². The van der Waals surface area contributed by atoms with Crippen LogP contribution in [0, 0.1) is 11.7 Å². The molecule has 10 nitrogen and oxygen atoms in total. The lowest BCUT2D eigenvalue weighted by Gasteiger charge is -2.30. The maximum Gasteiger partial charge on any atom is 0.286 e. The van der Waals surface area contributed by atoms with Crippen molar-refractivity contribution in [2.45, 2.75) is 12.8 Å². The Morgan fingerprint density at radius 3 is 2.51 bits per heavy atom. The van der Waals surface area contributed by atoms with Crippen LogP contribution < -0.4 is 20.1 Å². The van der Waals surface area contributed by atoms with Crippen molar-refractivity contribution in [3.63, 3.8) is 0 Å². The number of ether oxygens (including phenoxy) is 2. The number of carbonyl (C=O) groups is 3. The van der Waals surface area contributed by atoms with E-state index in [0.717, 1.165) is 11.3 Å². The number of benzene rings is 2. The van der Waals surface area contributed by atoms with E-state index in [2.05, 4.69) is 20.8 Å². The van der Waals surface area contributed by atoms with Crippen LogP contribution in [0.15, 0.2) is 42.5 Å². The molecule has 12 heteroatoms. The number of halogens is 1. The van der Waals surface area contributed by atoms with Gasteiger partial charge in [-0.05, 0) is 37.1 Å². The van der Waals surface area contributed by atoms with Crippen molar-refractivity contribution in [2.24, 2.45) is 5.92 Å². The summed E-state index contributed by atoms with van der Waals surface area (Å²) >= 11 is 0.896. The van der Waals surface area contributed by atoms with Gasteiger partial charge >= 0.3 is 0 Å². The number of likely N-dealkylation sites (tertiary alicyclic amines) is 1. The van der Waals surface area contributed by atoms with Crippen LogP contribution in [0.4, 0.5) is 15.8 Å². The van der Waals surface area contributed by atoms with Crippen molar-refractivity contribution in [3.8, 4) is 11.5 Å². The molecule has 2 aliphatic rings. The van der Waals surface area contributed by atoms with E-state index < -0.39 is 11.7 Å². The van der Waals surface area contributed by atoms with Crippen molar-refractivity contribution in [1.82, 2.24) is 15.1 Å². The second-order valence-electron chi connectivity index (χ2n) is 7.97. The van der Waals surface area contributed by atoms with E-state index in [9.17, 15) is 18.8 Å². The third-order valence-corrected chi connectivity index (χ3v) is 6.63. The summed E-state index contributed by atoms with van der Waals surface area (Å²) in [4.78, 5) is 39.5. The Kier molecular flexibility index (Phi) is 6.27. The van der Waals surface area contributed by atoms with Crippen LogP contribution in [0.2, 0.25) is 0 Å². The van der Waals surface area contributed by atoms with Gasteiger partial charge in [-0.25, -0.2) is 4.39 Å². The molecule has 3 aromatic rings. The van der Waals surface area contributed by atoms with Crippen LogP contribution >= 0.6 is 11.3 Å². The normalized spacial score (nSPS) is 15.1. The lowest BCUT2D eigenvalue weighted by molar-refractivity contribution is -0.121. The van der Waals surface area contributed by atoms with Crippen molar-refractivity contribution >= 4 is 40.4 Å². The second-order valence-corrected chi connectivity index (χ2v) is 8.95.